The van der Waals surface area contributed by atoms with Gasteiger partial charge >= 0.3 is 5.69 Å². The summed E-state index contributed by atoms with van der Waals surface area (Å²) in [5.74, 6) is -2.38. The number of hydrogen-bond acceptors (Lipinski definition) is 6. The van der Waals surface area contributed by atoms with Gasteiger partial charge in [-0.1, -0.05) is 42.5 Å². The molecule has 0 radical (unpaired) electrons. The van der Waals surface area contributed by atoms with Gasteiger partial charge in [0, 0.05) is 20.5 Å². The van der Waals surface area contributed by atoms with Crippen LogP contribution in [-0.4, -0.2) is 37.7 Å². The van der Waals surface area contributed by atoms with E-state index in [0.29, 0.717) is 5.56 Å². The van der Waals surface area contributed by atoms with Crippen LogP contribution < -0.4 is 17.0 Å². The number of imide groups is 1. The number of hydrogen-bond donors (Lipinski definition) is 1. The number of rotatable bonds is 5. The Morgan fingerprint density at radius 2 is 1.38 bits per heavy atom. The fourth-order valence-corrected chi connectivity index (χ4v) is 3.89. The van der Waals surface area contributed by atoms with Crippen LogP contribution in [0.1, 0.15) is 36.6 Å². The third-order valence-corrected chi connectivity index (χ3v) is 5.67. The van der Waals surface area contributed by atoms with E-state index in [2.05, 4.69) is 0 Å². The van der Waals surface area contributed by atoms with Crippen molar-refractivity contribution < 1.29 is 14.4 Å². The standard InChI is InChI=1S/C23H20N4O5/c1-25-19(24)17(22(31)26(2)23(25)32)18(28)16(12-13-8-4-3-5-9-13)27-20(29)14-10-6-7-11-15(14)21(27)30/h3-11,16H,12,24H2,1-2H3/t16-/m1/s1. The van der Waals surface area contributed by atoms with Gasteiger partial charge in [-0.05, 0) is 17.7 Å². The van der Waals surface area contributed by atoms with Gasteiger partial charge in [-0.25, -0.2) is 4.79 Å². The number of carbonyl (C=O) groups excluding carboxylic acids is 3. The quantitative estimate of drug-likeness (QED) is 0.469. The van der Waals surface area contributed by atoms with Gasteiger partial charge in [-0.15, -0.1) is 0 Å². The van der Waals surface area contributed by atoms with Crippen molar-refractivity contribution in [1.29, 1.82) is 0 Å². The zero-order valence-electron chi connectivity index (χ0n) is 17.4. The first-order valence-corrected chi connectivity index (χ1v) is 9.84. The molecule has 0 bridgehead atoms. The smallest absolute Gasteiger partial charge is 0.332 e. The summed E-state index contributed by atoms with van der Waals surface area (Å²) in [5.41, 5.74) is 5.02. The van der Waals surface area contributed by atoms with Gasteiger partial charge in [0.05, 0.1) is 11.1 Å². The highest BCUT2D eigenvalue weighted by Gasteiger charge is 2.44. The summed E-state index contributed by atoms with van der Waals surface area (Å²) < 4.78 is 1.75. The number of anilines is 1. The third-order valence-electron chi connectivity index (χ3n) is 5.67. The third kappa shape index (κ3) is 3.15. The van der Waals surface area contributed by atoms with Crippen LogP contribution in [0.15, 0.2) is 64.2 Å². The minimum atomic E-state index is -1.32. The molecule has 2 heterocycles. The Morgan fingerprint density at radius 3 is 1.94 bits per heavy atom. The molecule has 0 saturated heterocycles. The molecule has 1 aromatic heterocycles. The van der Waals surface area contributed by atoms with E-state index in [9.17, 15) is 24.0 Å². The number of nitrogens with zero attached hydrogens (tertiary/aromatic N) is 3. The Kier molecular flexibility index (Phi) is 5.09. The summed E-state index contributed by atoms with van der Waals surface area (Å²) in [7, 11) is 2.57. The van der Waals surface area contributed by atoms with E-state index in [0.717, 1.165) is 14.0 Å². The number of aromatic nitrogens is 2. The van der Waals surface area contributed by atoms with E-state index in [1.165, 1.54) is 26.2 Å². The molecule has 0 spiro atoms. The van der Waals surface area contributed by atoms with E-state index in [-0.39, 0.29) is 23.4 Å². The number of amides is 2. The maximum Gasteiger partial charge on any atom is 0.332 e. The molecule has 3 aromatic rings. The zero-order chi connectivity index (χ0) is 23.2. The minimum Gasteiger partial charge on any atom is -0.384 e. The highest BCUT2D eigenvalue weighted by molar-refractivity contribution is 6.24. The highest BCUT2D eigenvalue weighted by Crippen LogP contribution is 2.27. The summed E-state index contributed by atoms with van der Waals surface area (Å²) >= 11 is 0. The van der Waals surface area contributed by atoms with Crippen LogP contribution in [0.25, 0.3) is 0 Å². The molecule has 1 aliphatic rings. The van der Waals surface area contributed by atoms with Crippen LogP contribution >= 0.6 is 0 Å². The molecule has 2 N–H and O–H groups in total. The summed E-state index contributed by atoms with van der Waals surface area (Å²) in [6.45, 7) is 0. The SMILES string of the molecule is Cn1c(N)c(C(=O)[C@@H](Cc2ccccc2)N2C(=O)c3ccccc3C2=O)c(=O)n(C)c1=O. The summed E-state index contributed by atoms with van der Waals surface area (Å²) in [6.07, 6.45) is -0.0173. The van der Waals surface area contributed by atoms with Crippen molar-refractivity contribution >= 4 is 23.4 Å². The molecule has 0 saturated carbocycles. The summed E-state index contributed by atoms with van der Waals surface area (Å²) in [6, 6.07) is 13.8. The lowest BCUT2D eigenvalue weighted by Gasteiger charge is -2.26. The Bertz CT molecular complexity index is 1350. The van der Waals surface area contributed by atoms with Crippen molar-refractivity contribution in [3.8, 4) is 0 Å². The molecule has 2 aromatic carbocycles. The summed E-state index contributed by atoms with van der Waals surface area (Å²) in [5, 5.41) is 0. The van der Waals surface area contributed by atoms with Crippen LogP contribution in [-0.2, 0) is 20.5 Å². The Morgan fingerprint density at radius 1 is 0.844 bits per heavy atom. The molecule has 0 unspecified atom stereocenters. The number of ketones is 1. The second-order valence-corrected chi connectivity index (χ2v) is 7.56. The van der Waals surface area contributed by atoms with Crippen LogP contribution in [0.5, 0.6) is 0 Å². The molecule has 0 fully saturated rings. The lowest BCUT2D eigenvalue weighted by atomic mass is 9.96. The highest BCUT2D eigenvalue weighted by atomic mass is 16.2. The second kappa shape index (κ2) is 7.77. The van der Waals surface area contributed by atoms with E-state index < -0.39 is 40.5 Å². The van der Waals surface area contributed by atoms with Crippen LogP contribution in [0.4, 0.5) is 5.82 Å². The molecule has 32 heavy (non-hydrogen) atoms. The van der Waals surface area contributed by atoms with Gasteiger partial charge in [-0.2, -0.15) is 0 Å². The molecular weight excluding hydrogens is 412 g/mol. The first kappa shape index (κ1) is 21.0. The Hall–Kier alpha value is -4.27. The maximum absolute atomic E-state index is 13.7. The first-order valence-electron chi connectivity index (χ1n) is 9.84. The average molecular weight is 432 g/mol. The van der Waals surface area contributed by atoms with Crippen molar-refractivity contribution in [2.75, 3.05) is 5.73 Å². The van der Waals surface area contributed by atoms with E-state index in [4.69, 9.17) is 5.73 Å². The van der Waals surface area contributed by atoms with Gasteiger partial charge in [-0.3, -0.25) is 33.2 Å². The Balaban J connectivity index is 1.88. The predicted molar refractivity (Wildman–Crippen MR) is 117 cm³/mol. The molecule has 1 atom stereocenters. The van der Waals surface area contributed by atoms with E-state index in [1.54, 1.807) is 42.5 Å². The number of nitrogen functional groups attached to an aromatic ring is 1. The van der Waals surface area contributed by atoms with Gasteiger partial charge in [0.1, 0.15) is 17.4 Å². The van der Waals surface area contributed by atoms with Crippen molar-refractivity contribution in [2.24, 2.45) is 14.1 Å². The molecule has 4 rings (SSSR count). The molecule has 9 heteroatoms. The first-order chi connectivity index (χ1) is 15.2. The molecular formula is C23H20N4O5. The van der Waals surface area contributed by atoms with Gasteiger partial charge in [0.2, 0.25) is 0 Å². The minimum absolute atomic E-state index is 0.0173. The average Bonchev–Trinajstić information content (AvgIpc) is 3.05. The number of fused-ring (bicyclic) bond motifs is 1. The number of Topliss-reactive ketones (excluding diaryl/α,β-unsaturated/α-hetero) is 1. The van der Waals surface area contributed by atoms with Crippen LogP contribution in [0.2, 0.25) is 0 Å². The van der Waals surface area contributed by atoms with Crippen molar-refractivity contribution in [3.05, 3.63) is 97.7 Å². The Labute approximate surface area is 182 Å². The summed E-state index contributed by atoms with van der Waals surface area (Å²) in [4.78, 5) is 65.8. The number of carbonyl (C=O) groups is 3. The normalized spacial score (nSPS) is 13.9. The monoisotopic (exact) mass is 432 g/mol. The number of nitrogens with two attached hydrogens (primary N) is 1. The number of benzene rings is 2. The van der Waals surface area contributed by atoms with Crippen LogP contribution in [0, 0.1) is 0 Å². The lowest BCUT2D eigenvalue weighted by Crippen LogP contribution is -2.50. The van der Waals surface area contributed by atoms with E-state index in [1.807, 2.05) is 0 Å². The molecule has 0 aliphatic carbocycles. The molecule has 2 amide bonds. The fourth-order valence-electron chi connectivity index (χ4n) is 3.89. The topological polar surface area (TPSA) is 124 Å². The van der Waals surface area contributed by atoms with Crippen molar-refractivity contribution in [2.45, 2.75) is 12.5 Å². The maximum atomic E-state index is 13.7. The second-order valence-electron chi connectivity index (χ2n) is 7.56. The van der Waals surface area contributed by atoms with E-state index >= 15 is 0 Å². The molecule has 162 valence electrons. The largest absolute Gasteiger partial charge is 0.384 e. The van der Waals surface area contributed by atoms with Crippen molar-refractivity contribution in [3.63, 3.8) is 0 Å². The van der Waals surface area contributed by atoms with Gasteiger partial charge < -0.3 is 5.73 Å². The molecule has 9 nitrogen and oxygen atoms in total. The van der Waals surface area contributed by atoms with Gasteiger partial charge in [0.25, 0.3) is 17.4 Å². The van der Waals surface area contributed by atoms with Crippen molar-refractivity contribution in [1.82, 2.24) is 14.0 Å². The van der Waals surface area contributed by atoms with Crippen LogP contribution in [0.3, 0.4) is 0 Å². The van der Waals surface area contributed by atoms with Gasteiger partial charge in [0.15, 0.2) is 5.78 Å². The molecule has 1 aliphatic heterocycles. The zero-order valence-corrected chi connectivity index (χ0v) is 17.4. The predicted octanol–water partition coefficient (Wildman–Crippen LogP) is 0.756. The lowest BCUT2D eigenvalue weighted by molar-refractivity contribution is 0.0539. The fraction of sp³-hybridized carbons (Fsp3) is 0.174.